The molecule has 2 amide bonds. The van der Waals surface area contributed by atoms with E-state index < -0.39 is 0 Å². The van der Waals surface area contributed by atoms with E-state index in [2.05, 4.69) is 17.0 Å². The van der Waals surface area contributed by atoms with Gasteiger partial charge in [0.05, 0.1) is 13.2 Å². The first-order chi connectivity index (χ1) is 11.6. The Labute approximate surface area is 143 Å². The van der Waals surface area contributed by atoms with Gasteiger partial charge < -0.3 is 14.5 Å². The largest absolute Gasteiger partial charge is 0.497 e. The number of likely N-dealkylation sites (tertiary alicyclic amines) is 2. The van der Waals surface area contributed by atoms with E-state index in [4.69, 9.17) is 4.74 Å². The second-order valence-electron chi connectivity index (χ2n) is 6.74. The molecule has 1 aromatic carbocycles. The summed E-state index contributed by atoms with van der Waals surface area (Å²) in [5.41, 5.74) is 1.18. The van der Waals surface area contributed by atoms with Gasteiger partial charge in [-0.25, -0.2) is 0 Å². The van der Waals surface area contributed by atoms with Crippen LogP contribution < -0.4 is 4.74 Å². The number of nitrogens with zero attached hydrogens (tertiary/aromatic N) is 2. The van der Waals surface area contributed by atoms with Gasteiger partial charge >= 0.3 is 0 Å². The number of benzene rings is 1. The Balaban J connectivity index is 1.66. The summed E-state index contributed by atoms with van der Waals surface area (Å²) < 4.78 is 5.22. The number of hydrogen-bond donors (Lipinski definition) is 0. The van der Waals surface area contributed by atoms with Gasteiger partial charge in [0.1, 0.15) is 5.75 Å². The summed E-state index contributed by atoms with van der Waals surface area (Å²) in [5, 5.41) is 0. The van der Waals surface area contributed by atoms with Gasteiger partial charge in [-0.15, -0.1) is 0 Å². The number of methoxy groups -OCH3 is 1. The SMILES string of the molecule is COc1ccc([C@H]2CCCN2C(=O)C2CCN(C(C)=O)CC2)cc1. The molecular formula is C19H26N2O3. The van der Waals surface area contributed by atoms with E-state index in [1.54, 1.807) is 14.0 Å². The number of rotatable bonds is 3. The van der Waals surface area contributed by atoms with Gasteiger partial charge in [0.15, 0.2) is 0 Å². The minimum atomic E-state index is 0.0550. The van der Waals surface area contributed by atoms with E-state index in [1.165, 1.54) is 5.56 Å². The Morgan fingerprint density at radius 2 is 1.71 bits per heavy atom. The average molecular weight is 330 g/mol. The van der Waals surface area contributed by atoms with E-state index >= 15 is 0 Å². The minimum absolute atomic E-state index is 0.0550. The molecule has 5 heteroatoms. The number of hydrogen-bond acceptors (Lipinski definition) is 3. The quantitative estimate of drug-likeness (QED) is 0.856. The monoisotopic (exact) mass is 330 g/mol. The zero-order valence-corrected chi connectivity index (χ0v) is 14.5. The fourth-order valence-corrected chi connectivity index (χ4v) is 3.88. The summed E-state index contributed by atoms with van der Waals surface area (Å²) in [6.45, 7) is 3.84. The van der Waals surface area contributed by atoms with Gasteiger partial charge in [-0.3, -0.25) is 9.59 Å². The highest BCUT2D eigenvalue weighted by molar-refractivity contribution is 5.80. The van der Waals surface area contributed by atoms with Crippen LogP contribution in [0.25, 0.3) is 0 Å². The van der Waals surface area contributed by atoms with Gasteiger partial charge in [0.25, 0.3) is 0 Å². The van der Waals surface area contributed by atoms with Crippen LogP contribution in [0, 0.1) is 5.92 Å². The van der Waals surface area contributed by atoms with Crippen molar-refractivity contribution in [3.63, 3.8) is 0 Å². The smallest absolute Gasteiger partial charge is 0.226 e. The van der Waals surface area contributed by atoms with Crippen molar-refractivity contribution in [2.75, 3.05) is 26.7 Å². The fraction of sp³-hybridized carbons (Fsp3) is 0.579. The summed E-state index contributed by atoms with van der Waals surface area (Å²) in [6, 6.07) is 8.22. The molecule has 0 unspecified atom stereocenters. The van der Waals surface area contributed by atoms with Crippen molar-refractivity contribution in [1.82, 2.24) is 9.80 Å². The Kier molecular flexibility index (Phi) is 5.07. The molecule has 24 heavy (non-hydrogen) atoms. The zero-order chi connectivity index (χ0) is 17.1. The Morgan fingerprint density at radius 3 is 2.29 bits per heavy atom. The van der Waals surface area contributed by atoms with E-state index in [0.717, 1.165) is 38.0 Å². The van der Waals surface area contributed by atoms with Crippen LogP contribution in [-0.4, -0.2) is 48.4 Å². The lowest BCUT2D eigenvalue weighted by molar-refractivity contribution is -0.140. The highest BCUT2D eigenvalue weighted by atomic mass is 16.5. The van der Waals surface area contributed by atoms with E-state index in [0.29, 0.717) is 13.1 Å². The van der Waals surface area contributed by atoms with E-state index in [-0.39, 0.29) is 23.8 Å². The number of ether oxygens (including phenoxy) is 1. The molecule has 2 heterocycles. The number of piperidine rings is 1. The van der Waals surface area contributed by atoms with Crippen LogP contribution in [-0.2, 0) is 9.59 Å². The summed E-state index contributed by atoms with van der Waals surface area (Å²) in [5.74, 6) is 1.26. The topological polar surface area (TPSA) is 49.9 Å². The van der Waals surface area contributed by atoms with Crippen molar-refractivity contribution in [1.29, 1.82) is 0 Å². The molecule has 2 saturated heterocycles. The molecule has 0 radical (unpaired) electrons. The molecular weight excluding hydrogens is 304 g/mol. The van der Waals surface area contributed by atoms with Crippen LogP contribution in [0.5, 0.6) is 5.75 Å². The molecule has 3 rings (SSSR count). The van der Waals surface area contributed by atoms with Gasteiger partial charge in [-0.2, -0.15) is 0 Å². The second-order valence-corrected chi connectivity index (χ2v) is 6.74. The minimum Gasteiger partial charge on any atom is -0.497 e. The average Bonchev–Trinajstić information content (AvgIpc) is 3.11. The summed E-state index contributed by atoms with van der Waals surface area (Å²) >= 11 is 0. The Morgan fingerprint density at radius 1 is 1.04 bits per heavy atom. The normalized spacial score (nSPS) is 21.8. The Hall–Kier alpha value is -2.04. The first-order valence-electron chi connectivity index (χ1n) is 8.80. The van der Waals surface area contributed by atoms with E-state index in [9.17, 15) is 9.59 Å². The molecule has 1 aromatic rings. The zero-order valence-electron chi connectivity index (χ0n) is 14.5. The standard InChI is InChI=1S/C19H26N2O3/c1-14(22)20-12-9-16(10-13-20)19(23)21-11-3-4-18(21)15-5-7-17(24-2)8-6-15/h5-8,16,18H,3-4,9-13H2,1-2H3/t18-/m1/s1. The van der Waals surface area contributed by atoms with Crippen molar-refractivity contribution in [3.05, 3.63) is 29.8 Å². The third kappa shape index (κ3) is 3.40. The molecule has 2 aliphatic heterocycles. The maximum absolute atomic E-state index is 13.0. The van der Waals surface area contributed by atoms with Crippen molar-refractivity contribution >= 4 is 11.8 Å². The summed E-state index contributed by atoms with van der Waals surface area (Å²) in [6.07, 6.45) is 3.63. The molecule has 0 bridgehead atoms. The molecule has 5 nitrogen and oxygen atoms in total. The molecule has 0 aromatic heterocycles. The molecule has 2 fully saturated rings. The summed E-state index contributed by atoms with van der Waals surface area (Å²) in [4.78, 5) is 28.3. The van der Waals surface area contributed by atoms with Crippen LogP contribution in [0.2, 0.25) is 0 Å². The summed E-state index contributed by atoms with van der Waals surface area (Å²) in [7, 11) is 1.66. The first-order valence-corrected chi connectivity index (χ1v) is 8.80. The maximum atomic E-state index is 13.0. The van der Waals surface area contributed by atoms with Crippen molar-refractivity contribution in [2.24, 2.45) is 5.92 Å². The number of carbonyl (C=O) groups excluding carboxylic acids is 2. The van der Waals surface area contributed by atoms with Gasteiger partial charge in [0, 0.05) is 32.5 Å². The van der Waals surface area contributed by atoms with E-state index in [1.807, 2.05) is 17.0 Å². The lowest BCUT2D eigenvalue weighted by Gasteiger charge is -2.34. The molecule has 130 valence electrons. The molecule has 0 N–H and O–H groups in total. The maximum Gasteiger partial charge on any atom is 0.226 e. The van der Waals surface area contributed by atoms with Gasteiger partial charge in [-0.1, -0.05) is 12.1 Å². The van der Waals surface area contributed by atoms with Crippen LogP contribution >= 0.6 is 0 Å². The fourth-order valence-electron chi connectivity index (χ4n) is 3.88. The van der Waals surface area contributed by atoms with Crippen molar-refractivity contribution in [3.8, 4) is 5.75 Å². The number of amides is 2. The van der Waals surface area contributed by atoms with Crippen molar-refractivity contribution in [2.45, 2.75) is 38.6 Å². The van der Waals surface area contributed by atoms with Crippen LogP contribution in [0.4, 0.5) is 0 Å². The lowest BCUT2D eigenvalue weighted by atomic mass is 9.94. The third-order valence-electron chi connectivity index (χ3n) is 5.33. The second kappa shape index (κ2) is 7.24. The van der Waals surface area contributed by atoms with Crippen LogP contribution in [0.1, 0.15) is 44.2 Å². The lowest BCUT2D eigenvalue weighted by Crippen LogP contribution is -2.43. The predicted octanol–water partition coefficient (Wildman–Crippen LogP) is 2.62. The number of carbonyl (C=O) groups is 2. The molecule has 0 aliphatic carbocycles. The predicted molar refractivity (Wildman–Crippen MR) is 91.7 cm³/mol. The highest BCUT2D eigenvalue weighted by Crippen LogP contribution is 2.35. The van der Waals surface area contributed by atoms with Gasteiger partial charge in [-0.05, 0) is 43.4 Å². The molecule has 1 atom stereocenters. The van der Waals surface area contributed by atoms with Crippen molar-refractivity contribution < 1.29 is 14.3 Å². The molecule has 0 spiro atoms. The molecule has 0 saturated carbocycles. The van der Waals surface area contributed by atoms with Crippen LogP contribution in [0.3, 0.4) is 0 Å². The highest BCUT2D eigenvalue weighted by Gasteiger charge is 2.35. The molecule has 2 aliphatic rings. The first kappa shape index (κ1) is 16.8. The third-order valence-corrected chi connectivity index (χ3v) is 5.33. The van der Waals surface area contributed by atoms with Gasteiger partial charge in [0.2, 0.25) is 11.8 Å². The van der Waals surface area contributed by atoms with Crippen LogP contribution in [0.15, 0.2) is 24.3 Å². The Bertz CT molecular complexity index is 591.